The van der Waals surface area contributed by atoms with Crippen molar-refractivity contribution in [3.8, 4) is 0 Å². The van der Waals surface area contributed by atoms with E-state index in [4.69, 9.17) is 11.6 Å². The summed E-state index contributed by atoms with van der Waals surface area (Å²) in [6.07, 6.45) is 0. The van der Waals surface area contributed by atoms with E-state index >= 15 is 0 Å². The third-order valence-corrected chi connectivity index (χ3v) is 3.05. The predicted molar refractivity (Wildman–Crippen MR) is 91.3 cm³/mol. The van der Waals surface area contributed by atoms with Crippen LogP contribution in [0.5, 0.6) is 0 Å². The van der Waals surface area contributed by atoms with Crippen LogP contribution in [0.15, 0.2) is 59.7 Å². The summed E-state index contributed by atoms with van der Waals surface area (Å²) in [6.45, 7) is 0. The third kappa shape index (κ3) is 4.49. The van der Waals surface area contributed by atoms with Gasteiger partial charge in [0.2, 0.25) is 5.84 Å². The zero-order valence-electron chi connectivity index (χ0n) is 12.4. The van der Waals surface area contributed by atoms with Crippen LogP contribution in [0.3, 0.4) is 0 Å². The van der Waals surface area contributed by atoms with Crippen LogP contribution in [0.4, 0.5) is 11.4 Å². The van der Waals surface area contributed by atoms with Gasteiger partial charge in [-0.25, -0.2) is 0 Å². The molecule has 22 heavy (non-hydrogen) atoms. The minimum absolute atomic E-state index is 0.263. The fourth-order valence-corrected chi connectivity index (χ4v) is 1.83. The molecule has 0 heterocycles. The van der Waals surface area contributed by atoms with Crippen molar-refractivity contribution in [3.05, 3.63) is 59.6 Å². The molecule has 2 rings (SSSR count). The summed E-state index contributed by atoms with van der Waals surface area (Å²) in [6, 6.07) is 16.3. The van der Waals surface area contributed by atoms with Gasteiger partial charge in [-0.05, 0) is 36.4 Å². The fourth-order valence-electron chi connectivity index (χ4n) is 1.70. The lowest BCUT2D eigenvalue weighted by atomic mass is 10.3. The first-order valence-corrected chi connectivity index (χ1v) is 7.07. The zero-order valence-corrected chi connectivity index (χ0v) is 13.1. The Balaban J connectivity index is 2.10. The fraction of sp³-hybridized carbons (Fsp3) is 0.125. The number of para-hydroxylation sites is 1. The summed E-state index contributed by atoms with van der Waals surface area (Å²) in [5.74, 6) is -0.0310. The molecule has 6 heteroatoms. The molecule has 5 nitrogen and oxygen atoms in total. The number of rotatable bonds is 3. The molecular weight excluding hydrogens is 300 g/mol. The summed E-state index contributed by atoms with van der Waals surface area (Å²) in [5, 5.41) is 7.60. The van der Waals surface area contributed by atoms with Gasteiger partial charge in [-0.3, -0.25) is 10.2 Å². The van der Waals surface area contributed by atoms with Gasteiger partial charge in [0, 0.05) is 24.8 Å². The van der Waals surface area contributed by atoms with Crippen LogP contribution in [0.1, 0.15) is 0 Å². The van der Waals surface area contributed by atoms with E-state index in [1.165, 1.54) is 0 Å². The van der Waals surface area contributed by atoms with Crippen molar-refractivity contribution in [1.82, 2.24) is 4.90 Å². The lowest BCUT2D eigenvalue weighted by molar-refractivity contribution is -0.110. The van der Waals surface area contributed by atoms with Gasteiger partial charge in [0.05, 0.1) is 5.69 Å². The highest BCUT2D eigenvalue weighted by Gasteiger charge is 2.14. The Morgan fingerprint density at radius 3 is 2.23 bits per heavy atom. The number of nitrogens with one attached hydrogen (secondary N) is 2. The largest absolute Gasteiger partial charge is 0.357 e. The number of carbonyl (C=O) groups excluding carboxylic acids is 1. The van der Waals surface area contributed by atoms with Crippen molar-refractivity contribution in [3.63, 3.8) is 0 Å². The number of hydrazone groups is 1. The molecule has 0 radical (unpaired) electrons. The smallest absolute Gasteiger partial charge is 0.293 e. The monoisotopic (exact) mass is 316 g/mol. The first-order chi connectivity index (χ1) is 10.6. The Morgan fingerprint density at radius 2 is 1.64 bits per heavy atom. The predicted octanol–water partition coefficient (Wildman–Crippen LogP) is 3.27. The van der Waals surface area contributed by atoms with Gasteiger partial charge < -0.3 is 10.2 Å². The summed E-state index contributed by atoms with van der Waals surface area (Å²) in [7, 11) is 3.51. The molecule has 0 fully saturated rings. The highest BCUT2D eigenvalue weighted by molar-refractivity contribution is 6.42. The maximum Gasteiger partial charge on any atom is 0.293 e. The molecule has 0 atom stereocenters. The molecule has 0 saturated carbocycles. The molecule has 1 amide bonds. The summed E-state index contributed by atoms with van der Waals surface area (Å²) >= 11 is 5.83. The van der Waals surface area contributed by atoms with Crippen LogP contribution in [-0.2, 0) is 4.79 Å². The standard InChI is InChI=1S/C16H17ClN4O/c1-21(2)15(16(22)18-13-6-4-3-5-7-13)20-19-14-10-8-12(17)9-11-14/h3-11,19H,1-2H3,(H,18,22)/b20-15+. The molecule has 2 aromatic rings. The number of anilines is 2. The average molecular weight is 317 g/mol. The summed E-state index contributed by atoms with van der Waals surface area (Å²) in [4.78, 5) is 13.9. The Kier molecular flexibility index (Phi) is 5.38. The summed E-state index contributed by atoms with van der Waals surface area (Å²) in [5.41, 5.74) is 4.31. The molecule has 0 aliphatic rings. The number of amidine groups is 1. The van der Waals surface area contributed by atoms with E-state index in [1.54, 1.807) is 43.3 Å². The maximum atomic E-state index is 12.3. The molecule has 0 spiro atoms. The first-order valence-electron chi connectivity index (χ1n) is 6.69. The van der Waals surface area contributed by atoms with E-state index in [-0.39, 0.29) is 11.7 Å². The summed E-state index contributed by atoms with van der Waals surface area (Å²) < 4.78 is 0. The van der Waals surface area contributed by atoms with Crippen LogP contribution in [-0.4, -0.2) is 30.7 Å². The number of nitrogens with zero attached hydrogens (tertiary/aromatic N) is 2. The van der Waals surface area contributed by atoms with E-state index in [0.29, 0.717) is 10.7 Å². The number of carbonyl (C=O) groups is 1. The molecule has 114 valence electrons. The van der Waals surface area contributed by atoms with Crippen molar-refractivity contribution < 1.29 is 4.79 Å². The minimum Gasteiger partial charge on any atom is -0.357 e. The minimum atomic E-state index is -0.294. The lowest BCUT2D eigenvalue weighted by Gasteiger charge is -2.15. The quantitative estimate of drug-likeness (QED) is 0.519. The number of likely N-dealkylation sites (N-methyl/N-ethyl adjacent to an activating group) is 1. The van der Waals surface area contributed by atoms with Gasteiger partial charge >= 0.3 is 0 Å². The van der Waals surface area contributed by atoms with E-state index in [9.17, 15) is 4.79 Å². The SMILES string of the molecule is CN(C)/C(=N/Nc1ccc(Cl)cc1)C(=O)Nc1ccccc1. The first kappa shape index (κ1) is 15.9. The van der Waals surface area contributed by atoms with E-state index in [2.05, 4.69) is 15.8 Å². The maximum absolute atomic E-state index is 12.3. The highest BCUT2D eigenvalue weighted by atomic mass is 35.5. The average Bonchev–Trinajstić information content (AvgIpc) is 2.50. The second kappa shape index (κ2) is 7.47. The number of amides is 1. The number of benzene rings is 2. The van der Waals surface area contributed by atoms with Crippen molar-refractivity contribution in [2.24, 2.45) is 5.10 Å². The molecule has 2 aromatic carbocycles. The Morgan fingerprint density at radius 1 is 1.00 bits per heavy atom. The van der Waals surface area contributed by atoms with Crippen molar-refractivity contribution in [2.75, 3.05) is 24.8 Å². The molecular formula is C16H17ClN4O. The van der Waals surface area contributed by atoms with Crippen molar-refractivity contribution in [1.29, 1.82) is 0 Å². The van der Waals surface area contributed by atoms with Crippen LogP contribution < -0.4 is 10.7 Å². The second-order valence-corrected chi connectivity index (χ2v) is 5.21. The molecule has 0 saturated heterocycles. The molecule has 0 aromatic heterocycles. The van der Waals surface area contributed by atoms with Gasteiger partial charge in [0.1, 0.15) is 0 Å². The van der Waals surface area contributed by atoms with Crippen LogP contribution in [0, 0.1) is 0 Å². The van der Waals surface area contributed by atoms with E-state index in [0.717, 1.165) is 5.69 Å². The van der Waals surface area contributed by atoms with Crippen molar-refractivity contribution in [2.45, 2.75) is 0 Å². The van der Waals surface area contributed by atoms with Crippen LogP contribution in [0.25, 0.3) is 0 Å². The second-order valence-electron chi connectivity index (χ2n) is 4.77. The molecule has 0 aliphatic carbocycles. The van der Waals surface area contributed by atoms with Gasteiger partial charge in [0.15, 0.2) is 0 Å². The van der Waals surface area contributed by atoms with E-state index < -0.39 is 0 Å². The number of hydrogen-bond donors (Lipinski definition) is 2. The normalized spacial score (nSPS) is 11.0. The zero-order chi connectivity index (χ0) is 15.9. The van der Waals surface area contributed by atoms with Gasteiger partial charge in [0.25, 0.3) is 5.91 Å². The Bertz CT molecular complexity index is 654. The van der Waals surface area contributed by atoms with Gasteiger partial charge in [-0.1, -0.05) is 29.8 Å². The molecule has 2 N–H and O–H groups in total. The third-order valence-electron chi connectivity index (χ3n) is 2.79. The molecule has 0 unspecified atom stereocenters. The highest BCUT2D eigenvalue weighted by Crippen LogP contribution is 2.13. The van der Waals surface area contributed by atoms with Gasteiger partial charge in [-0.15, -0.1) is 0 Å². The van der Waals surface area contributed by atoms with Crippen molar-refractivity contribution >= 4 is 34.7 Å². The molecule has 0 bridgehead atoms. The topological polar surface area (TPSA) is 56.7 Å². The Hall–Kier alpha value is -2.53. The van der Waals surface area contributed by atoms with Crippen LogP contribution in [0.2, 0.25) is 5.02 Å². The van der Waals surface area contributed by atoms with Crippen LogP contribution >= 0.6 is 11.6 Å². The molecule has 0 aliphatic heterocycles. The lowest BCUT2D eigenvalue weighted by Crippen LogP contribution is -2.35. The number of halogens is 1. The number of hydrogen-bond acceptors (Lipinski definition) is 3. The van der Waals surface area contributed by atoms with Gasteiger partial charge in [-0.2, -0.15) is 5.10 Å². The Labute approximate surface area is 134 Å². The van der Waals surface area contributed by atoms with E-state index in [1.807, 2.05) is 30.3 Å².